The third-order valence-corrected chi connectivity index (χ3v) is 4.95. The summed E-state index contributed by atoms with van der Waals surface area (Å²) < 4.78 is 21.3. The highest BCUT2D eigenvalue weighted by atomic mass is 16.5. The molecule has 1 fully saturated rings. The van der Waals surface area contributed by atoms with Crippen LogP contribution in [0.25, 0.3) is 0 Å². The molecule has 2 heterocycles. The zero-order valence-corrected chi connectivity index (χ0v) is 16.9. The van der Waals surface area contributed by atoms with E-state index in [0.29, 0.717) is 31.9 Å². The summed E-state index contributed by atoms with van der Waals surface area (Å²) in [5.41, 5.74) is -0.0860. The SMILES string of the molecule is COCc1cc(=O)c(O)c([C@@H](CC(=O)N2CCOCC2)c2ccc(O)c(OC)c2)o1. The minimum absolute atomic E-state index is 0.0333. The number of ether oxygens (including phenoxy) is 3. The first-order chi connectivity index (χ1) is 14.4. The molecule has 0 bridgehead atoms. The number of hydrogen-bond acceptors (Lipinski definition) is 8. The molecule has 0 radical (unpaired) electrons. The second-order valence-corrected chi connectivity index (χ2v) is 6.90. The molecule has 2 aromatic rings. The minimum atomic E-state index is -0.778. The van der Waals surface area contributed by atoms with Gasteiger partial charge in [0.1, 0.15) is 12.4 Å². The van der Waals surface area contributed by atoms with Crippen molar-refractivity contribution in [3.63, 3.8) is 0 Å². The molecule has 3 rings (SSSR count). The van der Waals surface area contributed by atoms with Crippen LogP contribution in [0.3, 0.4) is 0 Å². The summed E-state index contributed by atoms with van der Waals surface area (Å²) in [6, 6.07) is 5.72. The van der Waals surface area contributed by atoms with Crippen LogP contribution in [0.2, 0.25) is 0 Å². The number of methoxy groups -OCH3 is 2. The lowest BCUT2D eigenvalue weighted by molar-refractivity contribution is -0.135. The first-order valence-corrected chi connectivity index (χ1v) is 9.51. The average Bonchev–Trinajstić information content (AvgIpc) is 2.76. The van der Waals surface area contributed by atoms with E-state index in [1.807, 2.05) is 0 Å². The van der Waals surface area contributed by atoms with Crippen LogP contribution in [0.4, 0.5) is 0 Å². The molecular weight excluding hydrogens is 394 g/mol. The van der Waals surface area contributed by atoms with Crippen LogP contribution in [-0.2, 0) is 20.9 Å². The maximum absolute atomic E-state index is 12.9. The van der Waals surface area contributed by atoms with Gasteiger partial charge in [0.2, 0.25) is 17.1 Å². The van der Waals surface area contributed by atoms with Crippen LogP contribution in [0.5, 0.6) is 17.2 Å². The number of carbonyl (C=O) groups is 1. The third-order valence-electron chi connectivity index (χ3n) is 4.95. The van der Waals surface area contributed by atoms with Gasteiger partial charge in [0.15, 0.2) is 17.3 Å². The van der Waals surface area contributed by atoms with Crippen molar-refractivity contribution in [1.29, 1.82) is 0 Å². The van der Waals surface area contributed by atoms with Crippen LogP contribution < -0.4 is 10.2 Å². The van der Waals surface area contributed by atoms with Gasteiger partial charge < -0.3 is 33.7 Å². The average molecular weight is 419 g/mol. The van der Waals surface area contributed by atoms with Crippen molar-refractivity contribution >= 4 is 5.91 Å². The highest BCUT2D eigenvalue weighted by Crippen LogP contribution is 2.37. The summed E-state index contributed by atoms with van der Waals surface area (Å²) in [5, 5.41) is 20.4. The van der Waals surface area contributed by atoms with Gasteiger partial charge in [0, 0.05) is 32.7 Å². The zero-order chi connectivity index (χ0) is 21.7. The largest absolute Gasteiger partial charge is 0.504 e. The summed E-state index contributed by atoms with van der Waals surface area (Å²) in [7, 11) is 2.86. The molecule has 1 aromatic heterocycles. The van der Waals surface area contributed by atoms with Crippen molar-refractivity contribution in [3.05, 3.63) is 51.6 Å². The van der Waals surface area contributed by atoms with Crippen LogP contribution >= 0.6 is 0 Å². The molecule has 0 spiro atoms. The van der Waals surface area contributed by atoms with Crippen molar-refractivity contribution < 1.29 is 33.6 Å². The second-order valence-electron chi connectivity index (χ2n) is 6.90. The first-order valence-electron chi connectivity index (χ1n) is 9.51. The van der Waals surface area contributed by atoms with Gasteiger partial charge in [0.05, 0.1) is 26.2 Å². The molecular formula is C21H25NO8. The number of phenols is 1. The predicted octanol–water partition coefficient (Wildman–Crippen LogP) is 1.59. The van der Waals surface area contributed by atoms with E-state index in [1.165, 1.54) is 20.3 Å². The number of hydrogen-bond donors (Lipinski definition) is 2. The molecule has 1 aliphatic rings. The Bertz CT molecular complexity index is 949. The van der Waals surface area contributed by atoms with E-state index < -0.39 is 17.1 Å². The quantitative estimate of drug-likeness (QED) is 0.695. The lowest BCUT2D eigenvalue weighted by Gasteiger charge is -2.28. The Morgan fingerprint density at radius 3 is 2.60 bits per heavy atom. The number of carbonyl (C=O) groups excluding carboxylic acids is 1. The summed E-state index contributed by atoms with van der Waals surface area (Å²) >= 11 is 0. The number of benzene rings is 1. The summed E-state index contributed by atoms with van der Waals surface area (Å²) in [4.78, 5) is 26.9. The summed E-state index contributed by atoms with van der Waals surface area (Å²) in [6.07, 6.45) is -0.0547. The number of nitrogens with zero attached hydrogens (tertiary/aromatic N) is 1. The second kappa shape index (κ2) is 9.64. The maximum Gasteiger partial charge on any atom is 0.227 e. The van der Waals surface area contributed by atoms with Crippen molar-refractivity contribution in [2.24, 2.45) is 0 Å². The molecule has 9 heteroatoms. The molecule has 1 atom stereocenters. The van der Waals surface area contributed by atoms with Crippen molar-refractivity contribution in [3.8, 4) is 17.2 Å². The first kappa shape index (κ1) is 21.7. The number of aromatic hydroxyl groups is 2. The highest BCUT2D eigenvalue weighted by molar-refractivity contribution is 5.78. The van der Waals surface area contributed by atoms with Crippen molar-refractivity contribution in [2.45, 2.75) is 18.9 Å². The molecule has 0 saturated carbocycles. The smallest absolute Gasteiger partial charge is 0.227 e. The Kier molecular flexibility index (Phi) is 6.96. The molecule has 1 amide bonds. The standard InChI is InChI=1S/C21H25NO8/c1-27-12-14-10-17(24)20(26)21(30-14)15(11-19(25)22-5-7-29-8-6-22)13-3-4-16(23)18(9-13)28-2/h3-4,9-10,15,23,26H,5-8,11-12H2,1-2H3/t15-/m0/s1. The van der Waals surface area contributed by atoms with E-state index in [9.17, 15) is 19.8 Å². The lowest BCUT2D eigenvalue weighted by Crippen LogP contribution is -2.41. The third kappa shape index (κ3) is 4.74. The normalized spacial score (nSPS) is 15.1. The Hall–Kier alpha value is -3.04. The van der Waals surface area contributed by atoms with Gasteiger partial charge in [-0.15, -0.1) is 0 Å². The molecule has 162 valence electrons. The Morgan fingerprint density at radius 1 is 1.20 bits per heavy atom. The van der Waals surface area contributed by atoms with Gasteiger partial charge in [-0.3, -0.25) is 9.59 Å². The fourth-order valence-corrected chi connectivity index (χ4v) is 3.39. The fraction of sp³-hybridized carbons (Fsp3) is 0.429. The molecule has 1 saturated heterocycles. The summed E-state index contributed by atoms with van der Waals surface area (Å²) in [5.74, 6) is -1.20. The summed E-state index contributed by atoms with van der Waals surface area (Å²) in [6.45, 7) is 1.86. The monoisotopic (exact) mass is 419 g/mol. The van der Waals surface area contributed by atoms with Gasteiger partial charge in [-0.05, 0) is 17.7 Å². The minimum Gasteiger partial charge on any atom is -0.504 e. The molecule has 0 unspecified atom stereocenters. The Morgan fingerprint density at radius 2 is 1.93 bits per heavy atom. The van der Waals surface area contributed by atoms with E-state index in [0.717, 1.165) is 6.07 Å². The number of rotatable bonds is 7. The van der Waals surface area contributed by atoms with E-state index in [2.05, 4.69) is 0 Å². The molecule has 30 heavy (non-hydrogen) atoms. The van der Waals surface area contributed by atoms with Crippen LogP contribution in [0, 0.1) is 0 Å². The highest BCUT2D eigenvalue weighted by Gasteiger charge is 2.29. The van der Waals surface area contributed by atoms with Crippen LogP contribution in [-0.4, -0.2) is 61.5 Å². The van der Waals surface area contributed by atoms with Crippen molar-refractivity contribution in [1.82, 2.24) is 4.90 Å². The van der Waals surface area contributed by atoms with E-state index in [4.69, 9.17) is 18.6 Å². The Labute approximate surface area is 173 Å². The van der Waals surface area contributed by atoms with Gasteiger partial charge in [-0.1, -0.05) is 6.07 Å². The van der Waals surface area contributed by atoms with Gasteiger partial charge in [0.25, 0.3) is 0 Å². The van der Waals surface area contributed by atoms with Crippen LogP contribution in [0.15, 0.2) is 33.5 Å². The number of phenolic OH excluding ortho intramolecular Hbond substituents is 1. The number of amides is 1. The van der Waals surface area contributed by atoms with Crippen molar-refractivity contribution in [2.75, 3.05) is 40.5 Å². The predicted molar refractivity (Wildman–Crippen MR) is 106 cm³/mol. The topological polar surface area (TPSA) is 119 Å². The van der Waals surface area contributed by atoms with Gasteiger partial charge in [-0.25, -0.2) is 0 Å². The molecule has 1 aliphatic heterocycles. The van der Waals surface area contributed by atoms with E-state index in [1.54, 1.807) is 17.0 Å². The fourth-order valence-electron chi connectivity index (χ4n) is 3.39. The lowest BCUT2D eigenvalue weighted by atomic mass is 9.91. The van der Waals surface area contributed by atoms with Gasteiger partial charge >= 0.3 is 0 Å². The van der Waals surface area contributed by atoms with Gasteiger partial charge in [-0.2, -0.15) is 0 Å². The number of morpholine rings is 1. The maximum atomic E-state index is 12.9. The van der Waals surface area contributed by atoms with E-state index in [-0.39, 0.29) is 42.0 Å². The molecule has 0 aliphatic carbocycles. The molecule has 9 nitrogen and oxygen atoms in total. The molecule has 1 aromatic carbocycles. The zero-order valence-electron chi connectivity index (χ0n) is 16.9. The Balaban J connectivity index is 2.05. The molecule has 2 N–H and O–H groups in total. The van der Waals surface area contributed by atoms with Crippen LogP contribution in [0.1, 0.15) is 29.4 Å². The van der Waals surface area contributed by atoms with E-state index >= 15 is 0 Å².